The van der Waals surface area contributed by atoms with Crippen LogP contribution in [-0.4, -0.2) is 41.6 Å². The van der Waals surface area contributed by atoms with Gasteiger partial charge in [-0.1, -0.05) is 20.3 Å². The minimum absolute atomic E-state index is 0.00182. The van der Waals surface area contributed by atoms with Crippen molar-refractivity contribution in [1.29, 1.82) is 0 Å². The number of carboxylic acid groups (broad SMARTS) is 1. The zero-order chi connectivity index (χ0) is 13.7. The molecule has 1 aliphatic rings. The molecule has 0 heterocycles. The van der Waals surface area contributed by atoms with Crippen LogP contribution < -0.4 is 5.32 Å². The average Bonchev–Trinajstić information content (AvgIpc) is 2.28. The number of carboxylic acids is 1. The first-order valence-electron chi connectivity index (χ1n) is 6.64. The zero-order valence-electron chi connectivity index (χ0n) is 11.5. The number of aliphatic carboxylic acids is 1. The third-order valence-corrected chi connectivity index (χ3v) is 3.34. The van der Waals surface area contributed by atoms with E-state index < -0.39 is 5.97 Å². The van der Waals surface area contributed by atoms with Crippen LogP contribution in [0, 0.1) is 11.8 Å². The molecule has 0 spiro atoms. The Kier molecular flexibility index (Phi) is 5.44. The van der Waals surface area contributed by atoms with Crippen LogP contribution in [0.3, 0.4) is 0 Å². The SMILES string of the molecule is CC(C)CN(C)C(=O)NC1CCCC(C(=O)O)C1. The normalized spacial score (nSPS) is 23.8. The maximum absolute atomic E-state index is 11.9. The fraction of sp³-hybridized carbons (Fsp3) is 0.846. The second-order valence-electron chi connectivity index (χ2n) is 5.62. The van der Waals surface area contributed by atoms with Crippen molar-refractivity contribution in [2.24, 2.45) is 11.8 Å². The molecule has 2 amide bonds. The van der Waals surface area contributed by atoms with Gasteiger partial charge >= 0.3 is 12.0 Å². The standard InChI is InChI=1S/C13H24N2O3/c1-9(2)8-15(3)13(18)14-11-6-4-5-10(7-11)12(16)17/h9-11H,4-8H2,1-3H3,(H,14,18)(H,16,17). The molecule has 0 saturated heterocycles. The van der Waals surface area contributed by atoms with Crippen LogP contribution in [0.1, 0.15) is 39.5 Å². The van der Waals surface area contributed by atoms with E-state index in [9.17, 15) is 9.59 Å². The van der Waals surface area contributed by atoms with E-state index in [-0.39, 0.29) is 18.0 Å². The number of nitrogens with zero attached hydrogens (tertiary/aromatic N) is 1. The van der Waals surface area contributed by atoms with Gasteiger partial charge in [0.15, 0.2) is 0 Å². The fourth-order valence-electron chi connectivity index (χ4n) is 2.46. The van der Waals surface area contributed by atoms with Crippen molar-refractivity contribution < 1.29 is 14.7 Å². The third-order valence-electron chi connectivity index (χ3n) is 3.34. The second kappa shape index (κ2) is 6.61. The number of carbonyl (C=O) groups excluding carboxylic acids is 1. The molecule has 1 rings (SSSR count). The van der Waals surface area contributed by atoms with E-state index in [1.807, 2.05) is 0 Å². The highest BCUT2D eigenvalue weighted by Crippen LogP contribution is 2.24. The summed E-state index contributed by atoms with van der Waals surface area (Å²) < 4.78 is 0. The Balaban J connectivity index is 2.41. The van der Waals surface area contributed by atoms with Gasteiger partial charge in [-0.15, -0.1) is 0 Å². The molecule has 1 saturated carbocycles. The van der Waals surface area contributed by atoms with E-state index in [1.54, 1.807) is 11.9 Å². The van der Waals surface area contributed by atoms with E-state index in [4.69, 9.17) is 5.11 Å². The summed E-state index contributed by atoms with van der Waals surface area (Å²) in [5.74, 6) is -0.622. The molecule has 0 bridgehead atoms. The van der Waals surface area contributed by atoms with Gasteiger partial charge in [0.2, 0.25) is 0 Å². The topological polar surface area (TPSA) is 69.6 Å². The average molecular weight is 256 g/mol. The van der Waals surface area contributed by atoms with Crippen LogP contribution in [0.5, 0.6) is 0 Å². The molecule has 1 aliphatic carbocycles. The summed E-state index contributed by atoms with van der Waals surface area (Å²) in [7, 11) is 1.77. The maximum atomic E-state index is 11.9. The van der Waals surface area contributed by atoms with Crippen LogP contribution in [0.4, 0.5) is 4.79 Å². The molecule has 18 heavy (non-hydrogen) atoms. The number of hydrogen-bond acceptors (Lipinski definition) is 2. The summed E-state index contributed by atoms with van der Waals surface area (Å²) in [6.07, 6.45) is 3.03. The highest BCUT2D eigenvalue weighted by atomic mass is 16.4. The second-order valence-corrected chi connectivity index (χ2v) is 5.62. The number of hydrogen-bond donors (Lipinski definition) is 2. The van der Waals surface area contributed by atoms with Crippen LogP contribution in [0.15, 0.2) is 0 Å². The van der Waals surface area contributed by atoms with Crippen molar-refractivity contribution >= 4 is 12.0 Å². The quantitative estimate of drug-likeness (QED) is 0.807. The highest BCUT2D eigenvalue weighted by molar-refractivity contribution is 5.74. The molecule has 0 aromatic rings. The molecule has 0 aliphatic heterocycles. The van der Waals surface area contributed by atoms with E-state index in [0.717, 1.165) is 19.3 Å². The molecule has 104 valence electrons. The highest BCUT2D eigenvalue weighted by Gasteiger charge is 2.28. The molecule has 2 N–H and O–H groups in total. The number of nitrogens with one attached hydrogen (secondary N) is 1. The number of urea groups is 1. The molecule has 1 fully saturated rings. The van der Waals surface area contributed by atoms with Gasteiger partial charge in [-0.2, -0.15) is 0 Å². The van der Waals surface area contributed by atoms with E-state index >= 15 is 0 Å². The van der Waals surface area contributed by atoms with Gasteiger partial charge in [-0.05, 0) is 25.2 Å². The first-order chi connectivity index (χ1) is 8.40. The van der Waals surface area contributed by atoms with Crippen LogP contribution in [0.2, 0.25) is 0 Å². The lowest BCUT2D eigenvalue weighted by atomic mass is 9.86. The minimum atomic E-state index is -0.746. The lowest BCUT2D eigenvalue weighted by Crippen LogP contribution is -2.46. The van der Waals surface area contributed by atoms with Gasteiger partial charge in [0, 0.05) is 19.6 Å². The molecule has 2 atom stereocenters. The van der Waals surface area contributed by atoms with Gasteiger partial charge in [0.1, 0.15) is 0 Å². The Morgan fingerprint density at radius 2 is 2.06 bits per heavy atom. The van der Waals surface area contributed by atoms with Crippen molar-refractivity contribution in [2.45, 2.75) is 45.6 Å². The van der Waals surface area contributed by atoms with Gasteiger partial charge in [0.25, 0.3) is 0 Å². The van der Waals surface area contributed by atoms with Crippen molar-refractivity contribution in [3.63, 3.8) is 0 Å². The lowest BCUT2D eigenvalue weighted by Gasteiger charge is -2.29. The van der Waals surface area contributed by atoms with E-state index in [1.165, 1.54) is 0 Å². The minimum Gasteiger partial charge on any atom is -0.481 e. The summed E-state index contributed by atoms with van der Waals surface area (Å²) in [6, 6.07) is -0.0956. The fourth-order valence-corrected chi connectivity index (χ4v) is 2.46. The zero-order valence-corrected chi connectivity index (χ0v) is 11.5. The molecule has 0 aromatic carbocycles. The number of amides is 2. The summed E-state index contributed by atoms with van der Waals surface area (Å²) in [4.78, 5) is 24.5. The predicted octanol–water partition coefficient (Wildman–Crippen LogP) is 1.93. The van der Waals surface area contributed by atoms with Crippen molar-refractivity contribution in [3.8, 4) is 0 Å². The Morgan fingerprint density at radius 3 is 2.61 bits per heavy atom. The van der Waals surface area contributed by atoms with E-state index in [0.29, 0.717) is 18.9 Å². The van der Waals surface area contributed by atoms with Crippen molar-refractivity contribution in [1.82, 2.24) is 10.2 Å². The van der Waals surface area contributed by atoms with Crippen LogP contribution in [0.25, 0.3) is 0 Å². The largest absolute Gasteiger partial charge is 0.481 e. The molecule has 5 heteroatoms. The lowest BCUT2D eigenvalue weighted by molar-refractivity contribution is -0.143. The smallest absolute Gasteiger partial charge is 0.317 e. The Bertz CT molecular complexity index is 305. The molecule has 2 unspecified atom stereocenters. The number of carbonyl (C=O) groups is 2. The molecule has 0 aromatic heterocycles. The molecular weight excluding hydrogens is 232 g/mol. The van der Waals surface area contributed by atoms with E-state index in [2.05, 4.69) is 19.2 Å². The van der Waals surface area contributed by atoms with Gasteiger partial charge < -0.3 is 15.3 Å². The monoisotopic (exact) mass is 256 g/mol. The Hall–Kier alpha value is -1.26. The third kappa shape index (κ3) is 4.55. The molecule has 5 nitrogen and oxygen atoms in total. The Morgan fingerprint density at radius 1 is 1.39 bits per heavy atom. The number of rotatable bonds is 4. The summed E-state index contributed by atoms with van der Waals surface area (Å²) in [6.45, 7) is 4.83. The summed E-state index contributed by atoms with van der Waals surface area (Å²) in [5.41, 5.74) is 0. The van der Waals surface area contributed by atoms with Crippen molar-refractivity contribution in [3.05, 3.63) is 0 Å². The molecular formula is C13H24N2O3. The Labute approximate surface area is 109 Å². The predicted molar refractivity (Wildman–Crippen MR) is 69.4 cm³/mol. The van der Waals surface area contributed by atoms with Crippen LogP contribution in [-0.2, 0) is 4.79 Å². The van der Waals surface area contributed by atoms with Crippen molar-refractivity contribution in [2.75, 3.05) is 13.6 Å². The first-order valence-corrected chi connectivity index (χ1v) is 6.64. The summed E-state index contributed by atoms with van der Waals surface area (Å²) in [5, 5.41) is 11.9. The molecule has 0 radical (unpaired) electrons. The summed E-state index contributed by atoms with van der Waals surface area (Å²) >= 11 is 0. The van der Waals surface area contributed by atoms with Crippen LogP contribution >= 0.6 is 0 Å². The van der Waals surface area contributed by atoms with Gasteiger partial charge in [0.05, 0.1) is 5.92 Å². The van der Waals surface area contributed by atoms with Gasteiger partial charge in [-0.25, -0.2) is 4.79 Å². The van der Waals surface area contributed by atoms with Gasteiger partial charge in [-0.3, -0.25) is 4.79 Å². The maximum Gasteiger partial charge on any atom is 0.317 e. The first kappa shape index (κ1) is 14.8.